The third-order valence-electron chi connectivity index (χ3n) is 3.79. The number of methoxy groups -OCH3 is 1. The fourth-order valence-electron chi connectivity index (χ4n) is 2.46. The summed E-state index contributed by atoms with van der Waals surface area (Å²) in [6.45, 7) is 3.94. The van der Waals surface area contributed by atoms with Gasteiger partial charge in [0.1, 0.15) is 0 Å². The number of hydrogen-bond donors (Lipinski definition) is 3. The van der Waals surface area contributed by atoms with Crippen molar-refractivity contribution in [2.75, 3.05) is 45.8 Å². The zero-order chi connectivity index (χ0) is 16.3. The summed E-state index contributed by atoms with van der Waals surface area (Å²) >= 11 is 0. The van der Waals surface area contributed by atoms with Crippen molar-refractivity contribution in [2.45, 2.75) is 25.5 Å². The highest BCUT2D eigenvalue weighted by Crippen LogP contribution is 2.11. The van der Waals surface area contributed by atoms with Gasteiger partial charge in [0.2, 0.25) is 0 Å². The maximum atomic E-state index is 5.60. The molecule has 0 bridgehead atoms. The van der Waals surface area contributed by atoms with E-state index < -0.39 is 0 Å². The number of benzene rings is 1. The summed E-state index contributed by atoms with van der Waals surface area (Å²) < 4.78 is 10.6. The molecule has 7 heteroatoms. The van der Waals surface area contributed by atoms with E-state index in [4.69, 9.17) is 9.47 Å². The topological polar surface area (TPSA) is 66.9 Å². The van der Waals surface area contributed by atoms with Crippen molar-refractivity contribution in [1.82, 2.24) is 10.6 Å². The van der Waals surface area contributed by atoms with Crippen LogP contribution >= 0.6 is 24.0 Å². The van der Waals surface area contributed by atoms with E-state index in [9.17, 15) is 0 Å². The van der Waals surface area contributed by atoms with Gasteiger partial charge in [0.25, 0.3) is 0 Å². The lowest BCUT2D eigenvalue weighted by molar-refractivity contribution is 0.114. The molecule has 2 rings (SSSR count). The van der Waals surface area contributed by atoms with E-state index >= 15 is 0 Å². The average Bonchev–Trinajstić information content (AvgIpc) is 3.10. The Morgan fingerprint density at radius 2 is 2.08 bits per heavy atom. The molecular formula is C17H29IN4O2. The van der Waals surface area contributed by atoms with Gasteiger partial charge < -0.3 is 25.4 Å². The smallest absolute Gasteiger partial charge is 0.191 e. The molecule has 0 spiro atoms. The van der Waals surface area contributed by atoms with Crippen LogP contribution in [0.4, 0.5) is 5.69 Å². The second kappa shape index (κ2) is 12.3. The molecule has 3 N–H and O–H groups in total. The van der Waals surface area contributed by atoms with Gasteiger partial charge in [-0.3, -0.25) is 4.99 Å². The van der Waals surface area contributed by atoms with Gasteiger partial charge in [-0.1, -0.05) is 12.1 Å². The molecule has 1 atom stereocenters. The number of anilines is 1. The van der Waals surface area contributed by atoms with E-state index in [2.05, 4.69) is 45.2 Å². The molecule has 1 aliphatic rings. The molecule has 1 fully saturated rings. The summed E-state index contributed by atoms with van der Waals surface area (Å²) in [4.78, 5) is 4.24. The molecule has 1 saturated heterocycles. The summed E-state index contributed by atoms with van der Waals surface area (Å²) in [7, 11) is 3.49. The molecule has 1 heterocycles. The molecular weight excluding hydrogens is 419 g/mol. The molecule has 24 heavy (non-hydrogen) atoms. The second-order valence-corrected chi connectivity index (χ2v) is 5.56. The highest BCUT2D eigenvalue weighted by Gasteiger charge is 2.15. The normalized spacial score (nSPS) is 17.2. The van der Waals surface area contributed by atoms with Gasteiger partial charge in [0, 0.05) is 46.1 Å². The number of halogens is 1. The zero-order valence-electron chi connectivity index (χ0n) is 14.5. The lowest BCUT2D eigenvalue weighted by Crippen LogP contribution is -2.40. The molecule has 0 aliphatic carbocycles. The zero-order valence-corrected chi connectivity index (χ0v) is 16.8. The fourth-order valence-corrected chi connectivity index (χ4v) is 2.46. The number of ether oxygens (including phenoxy) is 2. The molecule has 6 nitrogen and oxygen atoms in total. The first-order valence-electron chi connectivity index (χ1n) is 8.19. The van der Waals surface area contributed by atoms with Gasteiger partial charge in [0.15, 0.2) is 5.96 Å². The van der Waals surface area contributed by atoms with Crippen molar-refractivity contribution in [3.63, 3.8) is 0 Å². The molecule has 136 valence electrons. The van der Waals surface area contributed by atoms with Crippen LogP contribution in [0.1, 0.15) is 18.4 Å². The quantitative estimate of drug-likeness (QED) is 0.246. The monoisotopic (exact) mass is 448 g/mol. The van der Waals surface area contributed by atoms with E-state index in [1.165, 1.54) is 5.56 Å². The Bertz CT molecular complexity index is 476. The Labute approximate surface area is 161 Å². The van der Waals surface area contributed by atoms with Crippen LogP contribution in [0.25, 0.3) is 0 Å². The van der Waals surface area contributed by atoms with Crippen LogP contribution < -0.4 is 16.0 Å². The SMILES string of the molecule is CN=C(NCc1ccc(NCCOC)cc1)NCC1CCCO1.I. The van der Waals surface area contributed by atoms with Crippen molar-refractivity contribution in [3.8, 4) is 0 Å². The van der Waals surface area contributed by atoms with E-state index in [-0.39, 0.29) is 24.0 Å². The van der Waals surface area contributed by atoms with Crippen molar-refractivity contribution < 1.29 is 9.47 Å². The standard InChI is InChI=1S/C17H28N4O2.HI/c1-18-17(21-13-16-4-3-10-23-16)20-12-14-5-7-15(8-6-14)19-9-11-22-2;/h5-8,16,19H,3-4,9-13H2,1-2H3,(H2,18,20,21);1H. The number of hydrogen-bond acceptors (Lipinski definition) is 4. The van der Waals surface area contributed by atoms with Crippen LogP contribution in [0.2, 0.25) is 0 Å². The van der Waals surface area contributed by atoms with Crippen LogP contribution in [0.15, 0.2) is 29.3 Å². The van der Waals surface area contributed by atoms with Gasteiger partial charge in [0.05, 0.1) is 12.7 Å². The molecule has 0 aromatic heterocycles. The van der Waals surface area contributed by atoms with Gasteiger partial charge in [-0.2, -0.15) is 0 Å². The summed E-state index contributed by atoms with van der Waals surface area (Å²) in [5, 5.41) is 9.94. The van der Waals surface area contributed by atoms with Crippen molar-refractivity contribution >= 4 is 35.6 Å². The Kier molecular flexibility index (Phi) is 10.8. The number of guanidine groups is 1. The molecule has 0 radical (unpaired) electrons. The number of aliphatic imine (C=N–C) groups is 1. The van der Waals surface area contributed by atoms with Crippen molar-refractivity contribution in [1.29, 1.82) is 0 Å². The highest BCUT2D eigenvalue weighted by molar-refractivity contribution is 14.0. The van der Waals surface area contributed by atoms with Crippen LogP contribution in [-0.4, -0.2) is 52.5 Å². The van der Waals surface area contributed by atoms with Crippen LogP contribution in [0.3, 0.4) is 0 Å². The molecule has 1 aromatic carbocycles. The molecule has 0 saturated carbocycles. The minimum Gasteiger partial charge on any atom is -0.383 e. The molecule has 0 amide bonds. The van der Waals surface area contributed by atoms with Crippen molar-refractivity contribution in [2.24, 2.45) is 4.99 Å². The van der Waals surface area contributed by atoms with E-state index in [1.807, 2.05) is 0 Å². The number of rotatable bonds is 8. The summed E-state index contributed by atoms with van der Waals surface area (Å²) in [6, 6.07) is 8.37. The van der Waals surface area contributed by atoms with E-state index in [0.29, 0.717) is 12.7 Å². The predicted molar refractivity (Wildman–Crippen MR) is 109 cm³/mol. The Hall–Kier alpha value is -1.06. The van der Waals surface area contributed by atoms with Gasteiger partial charge in [-0.25, -0.2) is 0 Å². The minimum absolute atomic E-state index is 0. The van der Waals surface area contributed by atoms with Crippen molar-refractivity contribution in [3.05, 3.63) is 29.8 Å². The van der Waals surface area contributed by atoms with E-state index in [0.717, 1.165) is 50.7 Å². The highest BCUT2D eigenvalue weighted by atomic mass is 127. The first-order valence-corrected chi connectivity index (χ1v) is 8.19. The first kappa shape index (κ1) is 21.0. The fraction of sp³-hybridized carbons (Fsp3) is 0.588. The maximum Gasteiger partial charge on any atom is 0.191 e. The molecule has 1 aliphatic heterocycles. The predicted octanol–water partition coefficient (Wildman–Crippen LogP) is 2.21. The lowest BCUT2D eigenvalue weighted by atomic mass is 10.2. The first-order chi connectivity index (χ1) is 11.3. The van der Waals surface area contributed by atoms with Crippen LogP contribution in [-0.2, 0) is 16.0 Å². The van der Waals surface area contributed by atoms with Gasteiger partial charge in [-0.05, 0) is 30.5 Å². The van der Waals surface area contributed by atoms with E-state index in [1.54, 1.807) is 14.2 Å². The summed E-state index contributed by atoms with van der Waals surface area (Å²) in [5.41, 5.74) is 2.31. The van der Waals surface area contributed by atoms with Gasteiger partial charge >= 0.3 is 0 Å². The molecule has 1 aromatic rings. The number of nitrogens with one attached hydrogen (secondary N) is 3. The second-order valence-electron chi connectivity index (χ2n) is 5.56. The van der Waals surface area contributed by atoms with Crippen LogP contribution in [0, 0.1) is 0 Å². The third kappa shape index (κ3) is 7.67. The largest absolute Gasteiger partial charge is 0.383 e. The average molecular weight is 448 g/mol. The Balaban J connectivity index is 0.00000288. The minimum atomic E-state index is 0. The third-order valence-corrected chi connectivity index (χ3v) is 3.79. The molecule has 1 unspecified atom stereocenters. The van der Waals surface area contributed by atoms with Crippen LogP contribution in [0.5, 0.6) is 0 Å². The summed E-state index contributed by atoms with van der Waals surface area (Å²) in [5.74, 6) is 0.808. The number of nitrogens with zero attached hydrogens (tertiary/aromatic N) is 1. The Morgan fingerprint density at radius 3 is 2.71 bits per heavy atom. The maximum absolute atomic E-state index is 5.60. The summed E-state index contributed by atoms with van der Waals surface area (Å²) in [6.07, 6.45) is 2.59. The Morgan fingerprint density at radius 1 is 1.29 bits per heavy atom. The van der Waals surface area contributed by atoms with Gasteiger partial charge in [-0.15, -0.1) is 24.0 Å². The lowest BCUT2D eigenvalue weighted by Gasteiger charge is -2.15.